The van der Waals surface area contributed by atoms with Crippen LogP contribution >= 0.6 is 0 Å². The molecule has 3 nitrogen and oxygen atoms in total. The van der Waals surface area contributed by atoms with Crippen LogP contribution in [0.15, 0.2) is 24.3 Å². The van der Waals surface area contributed by atoms with Crippen molar-refractivity contribution in [1.82, 2.24) is 4.98 Å². The van der Waals surface area contributed by atoms with Crippen molar-refractivity contribution >= 4 is 16.7 Å². The van der Waals surface area contributed by atoms with Crippen molar-refractivity contribution in [2.75, 3.05) is 0 Å². The van der Waals surface area contributed by atoms with Crippen LogP contribution in [0.5, 0.6) is 0 Å². The number of aromatic nitrogens is 1. The Morgan fingerprint density at radius 3 is 2.50 bits per heavy atom. The van der Waals surface area contributed by atoms with Gasteiger partial charge in [-0.05, 0) is 19.9 Å². The number of aliphatic hydroxyl groups is 1. The zero-order valence-electron chi connectivity index (χ0n) is 9.66. The highest BCUT2D eigenvalue weighted by Crippen LogP contribution is 2.31. The van der Waals surface area contributed by atoms with Gasteiger partial charge in [0.2, 0.25) is 0 Å². The Bertz CT molecular complexity index is 547. The molecule has 2 N–H and O–H groups in total. The van der Waals surface area contributed by atoms with E-state index in [1.165, 1.54) is 6.92 Å². The Kier molecular flexibility index (Phi) is 2.35. The molecule has 0 fully saturated rings. The highest BCUT2D eigenvalue weighted by Gasteiger charge is 2.26. The van der Waals surface area contributed by atoms with Gasteiger partial charge in [0, 0.05) is 23.4 Å². The molecule has 0 spiro atoms. The summed E-state index contributed by atoms with van der Waals surface area (Å²) >= 11 is 0. The second-order valence-electron chi connectivity index (χ2n) is 4.54. The molecule has 0 radical (unpaired) electrons. The number of aromatic amines is 1. The van der Waals surface area contributed by atoms with E-state index >= 15 is 0 Å². The van der Waals surface area contributed by atoms with Gasteiger partial charge in [-0.15, -0.1) is 0 Å². The minimum atomic E-state index is -1.03. The minimum Gasteiger partial charge on any atom is -0.386 e. The zero-order chi connectivity index (χ0) is 11.9. The minimum absolute atomic E-state index is 0.0617. The maximum absolute atomic E-state index is 11.5. The number of rotatable bonds is 2. The highest BCUT2D eigenvalue weighted by molar-refractivity contribution is 6.01. The van der Waals surface area contributed by atoms with Crippen LogP contribution in [0.2, 0.25) is 0 Å². The number of Topliss-reactive ketones (excluding diaryl/α,β-unsaturated/α-hetero) is 1. The molecule has 0 saturated carbocycles. The van der Waals surface area contributed by atoms with E-state index in [0.29, 0.717) is 11.3 Å². The molecule has 0 aliphatic carbocycles. The van der Waals surface area contributed by atoms with Gasteiger partial charge in [0.05, 0.1) is 11.3 Å². The third-order valence-electron chi connectivity index (χ3n) is 2.67. The van der Waals surface area contributed by atoms with E-state index in [9.17, 15) is 9.90 Å². The summed E-state index contributed by atoms with van der Waals surface area (Å²) in [6.45, 7) is 4.88. The number of benzene rings is 1. The van der Waals surface area contributed by atoms with Gasteiger partial charge >= 0.3 is 0 Å². The number of fused-ring (bicyclic) bond motifs is 1. The Balaban J connectivity index is 2.85. The molecule has 2 aromatic rings. The molecule has 0 atom stereocenters. The summed E-state index contributed by atoms with van der Waals surface area (Å²) < 4.78 is 0. The van der Waals surface area contributed by atoms with Crippen LogP contribution < -0.4 is 0 Å². The molecule has 0 unspecified atom stereocenters. The number of para-hydroxylation sites is 1. The maximum Gasteiger partial charge on any atom is 0.176 e. The summed E-state index contributed by atoms with van der Waals surface area (Å²) in [7, 11) is 0. The molecule has 0 aliphatic rings. The zero-order valence-corrected chi connectivity index (χ0v) is 9.66. The molecule has 1 aromatic carbocycles. The number of carbonyl (C=O) groups excluding carboxylic acids is 1. The van der Waals surface area contributed by atoms with E-state index in [1.54, 1.807) is 13.8 Å². The lowest BCUT2D eigenvalue weighted by atomic mass is 9.94. The molecule has 16 heavy (non-hydrogen) atoms. The maximum atomic E-state index is 11.5. The van der Waals surface area contributed by atoms with Gasteiger partial charge in [-0.3, -0.25) is 4.79 Å². The normalized spacial score (nSPS) is 12.0. The van der Waals surface area contributed by atoms with Crippen molar-refractivity contribution in [3.63, 3.8) is 0 Å². The fraction of sp³-hybridized carbons (Fsp3) is 0.308. The Hall–Kier alpha value is -1.61. The lowest BCUT2D eigenvalue weighted by Gasteiger charge is -2.18. The predicted molar refractivity (Wildman–Crippen MR) is 63.5 cm³/mol. The first-order chi connectivity index (χ1) is 7.41. The molecule has 3 heteroatoms. The second-order valence-corrected chi connectivity index (χ2v) is 4.54. The van der Waals surface area contributed by atoms with Crippen LogP contribution in [-0.4, -0.2) is 15.9 Å². The van der Waals surface area contributed by atoms with Gasteiger partial charge < -0.3 is 10.1 Å². The summed E-state index contributed by atoms with van der Waals surface area (Å²) in [4.78, 5) is 14.6. The Labute approximate surface area is 94.1 Å². The van der Waals surface area contributed by atoms with Crippen molar-refractivity contribution < 1.29 is 9.90 Å². The van der Waals surface area contributed by atoms with Gasteiger partial charge in [0.15, 0.2) is 5.78 Å². The van der Waals surface area contributed by atoms with Gasteiger partial charge in [-0.2, -0.15) is 0 Å². The summed E-state index contributed by atoms with van der Waals surface area (Å²) in [5.74, 6) is -0.0617. The molecule has 0 amide bonds. The van der Waals surface area contributed by atoms with Gasteiger partial charge in [0.25, 0.3) is 0 Å². The van der Waals surface area contributed by atoms with Crippen molar-refractivity contribution in [1.29, 1.82) is 0 Å². The number of H-pyrrole nitrogens is 1. The average Bonchev–Trinajstić information content (AvgIpc) is 2.55. The molecular weight excluding hydrogens is 202 g/mol. The fourth-order valence-corrected chi connectivity index (χ4v) is 2.04. The topological polar surface area (TPSA) is 53.1 Å². The second kappa shape index (κ2) is 3.46. The largest absolute Gasteiger partial charge is 0.386 e. The molecule has 1 aromatic heterocycles. The van der Waals surface area contributed by atoms with Crippen LogP contribution in [0.3, 0.4) is 0 Å². The van der Waals surface area contributed by atoms with Gasteiger partial charge in [0.1, 0.15) is 0 Å². The van der Waals surface area contributed by atoms with Crippen LogP contribution in [-0.2, 0) is 5.60 Å². The number of ketones is 1. The lowest BCUT2D eigenvalue weighted by Crippen LogP contribution is -2.18. The Morgan fingerprint density at radius 2 is 1.94 bits per heavy atom. The van der Waals surface area contributed by atoms with Crippen LogP contribution in [0, 0.1) is 0 Å². The third-order valence-corrected chi connectivity index (χ3v) is 2.67. The molecule has 2 rings (SSSR count). The van der Waals surface area contributed by atoms with Crippen LogP contribution in [0.4, 0.5) is 0 Å². The third kappa shape index (κ3) is 1.63. The van der Waals surface area contributed by atoms with Crippen molar-refractivity contribution in [2.24, 2.45) is 0 Å². The summed E-state index contributed by atoms with van der Waals surface area (Å²) in [6, 6.07) is 7.61. The summed E-state index contributed by atoms with van der Waals surface area (Å²) in [5, 5.41) is 11.0. The average molecular weight is 217 g/mol. The molecule has 1 heterocycles. The predicted octanol–water partition coefficient (Wildman–Crippen LogP) is 2.60. The number of carbonyl (C=O) groups is 1. The molecular formula is C13H15NO2. The SMILES string of the molecule is CC(=O)c1[nH]c2ccccc2c1C(C)(C)O. The molecule has 0 aliphatic heterocycles. The summed E-state index contributed by atoms with van der Waals surface area (Å²) in [5.41, 5.74) is 1.02. The van der Waals surface area contributed by atoms with Crippen molar-refractivity contribution in [3.05, 3.63) is 35.5 Å². The molecule has 84 valence electrons. The van der Waals surface area contributed by atoms with E-state index in [-0.39, 0.29) is 5.78 Å². The van der Waals surface area contributed by atoms with E-state index < -0.39 is 5.60 Å². The van der Waals surface area contributed by atoms with E-state index in [2.05, 4.69) is 4.98 Å². The Morgan fingerprint density at radius 1 is 1.31 bits per heavy atom. The number of hydrogen-bond acceptors (Lipinski definition) is 2. The van der Waals surface area contributed by atoms with E-state index in [4.69, 9.17) is 0 Å². The molecule has 0 bridgehead atoms. The monoisotopic (exact) mass is 217 g/mol. The standard InChI is InChI=1S/C13H15NO2/c1-8(15)12-11(13(2,3)16)9-6-4-5-7-10(9)14-12/h4-7,14,16H,1-3H3. The fourth-order valence-electron chi connectivity index (χ4n) is 2.04. The van der Waals surface area contributed by atoms with Crippen molar-refractivity contribution in [3.8, 4) is 0 Å². The highest BCUT2D eigenvalue weighted by atomic mass is 16.3. The lowest BCUT2D eigenvalue weighted by molar-refractivity contribution is 0.0770. The van der Waals surface area contributed by atoms with E-state index in [0.717, 1.165) is 10.9 Å². The van der Waals surface area contributed by atoms with Crippen molar-refractivity contribution in [2.45, 2.75) is 26.4 Å². The first-order valence-corrected chi connectivity index (χ1v) is 5.26. The molecule has 0 saturated heterocycles. The smallest absolute Gasteiger partial charge is 0.176 e. The first kappa shape index (κ1) is 10.9. The van der Waals surface area contributed by atoms with E-state index in [1.807, 2.05) is 24.3 Å². The first-order valence-electron chi connectivity index (χ1n) is 5.26. The number of hydrogen-bond donors (Lipinski definition) is 2. The quantitative estimate of drug-likeness (QED) is 0.760. The van der Waals surface area contributed by atoms with Gasteiger partial charge in [-0.1, -0.05) is 18.2 Å². The van der Waals surface area contributed by atoms with Gasteiger partial charge in [-0.25, -0.2) is 0 Å². The van der Waals surface area contributed by atoms with Crippen LogP contribution in [0.1, 0.15) is 36.8 Å². The number of nitrogens with one attached hydrogen (secondary N) is 1. The summed E-state index contributed by atoms with van der Waals surface area (Å²) in [6.07, 6.45) is 0. The van der Waals surface area contributed by atoms with Crippen LogP contribution in [0.25, 0.3) is 10.9 Å².